The van der Waals surface area contributed by atoms with Crippen LogP contribution in [0.1, 0.15) is 52.2 Å². The van der Waals surface area contributed by atoms with Gasteiger partial charge in [-0.25, -0.2) is 4.39 Å². The molecule has 0 spiro atoms. The molecule has 0 aliphatic carbocycles. The number of amides is 1. The Morgan fingerprint density at radius 3 is 2.43 bits per heavy atom. The summed E-state index contributed by atoms with van der Waals surface area (Å²) in [5.41, 5.74) is 0.467. The van der Waals surface area contributed by atoms with E-state index in [1.54, 1.807) is 19.9 Å². The number of aliphatic hydroxyl groups is 1. The molecule has 0 bridgehead atoms. The van der Waals surface area contributed by atoms with Crippen LogP contribution in [0, 0.1) is 5.82 Å². The average Bonchev–Trinajstić information content (AvgIpc) is 2.46. The maximum absolute atomic E-state index is 13.9. The summed E-state index contributed by atoms with van der Waals surface area (Å²) in [6, 6.07) is 4.32. The molecule has 0 heterocycles. The van der Waals surface area contributed by atoms with Crippen molar-refractivity contribution in [3.05, 3.63) is 29.6 Å². The first-order chi connectivity index (χ1) is 9.88. The maximum atomic E-state index is 13.9. The Morgan fingerprint density at radius 2 is 1.95 bits per heavy atom. The number of nitrogens with one attached hydrogen (secondary N) is 1. The third kappa shape index (κ3) is 5.01. The molecular weight excluding hydrogens is 273 g/mol. The quantitative estimate of drug-likeness (QED) is 0.813. The molecule has 5 heteroatoms. The highest BCUT2D eigenvalue weighted by atomic mass is 19.1. The van der Waals surface area contributed by atoms with E-state index in [4.69, 9.17) is 4.74 Å². The van der Waals surface area contributed by atoms with Crippen molar-refractivity contribution in [3.8, 4) is 5.75 Å². The van der Waals surface area contributed by atoms with Crippen molar-refractivity contribution in [2.75, 3.05) is 0 Å². The van der Waals surface area contributed by atoms with Crippen LogP contribution in [0.2, 0.25) is 0 Å². The van der Waals surface area contributed by atoms with Gasteiger partial charge in [0.05, 0.1) is 6.10 Å². The maximum Gasteiger partial charge on any atom is 0.260 e. The number of aliphatic hydroxyl groups excluding tert-OH is 1. The zero-order valence-electron chi connectivity index (χ0n) is 13.0. The van der Waals surface area contributed by atoms with Crippen molar-refractivity contribution < 1.29 is 19.0 Å². The summed E-state index contributed by atoms with van der Waals surface area (Å²) in [6.45, 7) is 7.13. The first-order valence-electron chi connectivity index (χ1n) is 7.33. The Morgan fingerprint density at radius 1 is 1.33 bits per heavy atom. The third-order valence-corrected chi connectivity index (χ3v) is 3.44. The van der Waals surface area contributed by atoms with Crippen molar-refractivity contribution in [3.63, 3.8) is 0 Å². The third-order valence-electron chi connectivity index (χ3n) is 3.44. The summed E-state index contributed by atoms with van der Waals surface area (Å²) < 4.78 is 19.2. The standard InChI is InChI=1S/C16H24FNO3/c1-5-13(6-2)18-16(20)11(4)21-15-8-7-12(10(3)19)9-14(15)17/h7-11,13,19H,5-6H2,1-4H3,(H,18,20)/t10-,11?/m1/s1. The molecule has 0 saturated carbocycles. The number of hydrogen-bond donors (Lipinski definition) is 2. The van der Waals surface area contributed by atoms with Crippen LogP contribution in [-0.4, -0.2) is 23.2 Å². The van der Waals surface area contributed by atoms with Gasteiger partial charge >= 0.3 is 0 Å². The number of ether oxygens (including phenoxy) is 1. The average molecular weight is 297 g/mol. The number of carbonyl (C=O) groups excluding carboxylic acids is 1. The van der Waals surface area contributed by atoms with Gasteiger partial charge < -0.3 is 15.2 Å². The van der Waals surface area contributed by atoms with Crippen molar-refractivity contribution in [1.82, 2.24) is 5.32 Å². The Balaban J connectivity index is 2.70. The van der Waals surface area contributed by atoms with E-state index in [0.29, 0.717) is 5.56 Å². The number of hydrogen-bond acceptors (Lipinski definition) is 3. The smallest absolute Gasteiger partial charge is 0.260 e. The molecule has 0 aliphatic heterocycles. The molecule has 2 atom stereocenters. The summed E-state index contributed by atoms with van der Waals surface area (Å²) >= 11 is 0. The van der Waals surface area contributed by atoms with E-state index in [2.05, 4.69) is 5.32 Å². The predicted octanol–water partition coefficient (Wildman–Crippen LogP) is 2.95. The SMILES string of the molecule is CCC(CC)NC(=O)C(C)Oc1ccc([C@@H](C)O)cc1F. The number of halogens is 1. The van der Waals surface area contributed by atoms with Gasteiger partial charge in [0.25, 0.3) is 5.91 Å². The van der Waals surface area contributed by atoms with E-state index in [1.165, 1.54) is 12.1 Å². The molecule has 0 aromatic heterocycles. The second-order valence-corrected chi connectivity index (χ2v) is 5.15. The van der Waals surface area contributed by atoms with Gasteiger partial charge in [-0.2, -0.15) is 0 Å². The van der Waals surface area contributed by atoms with Crippen LogP contribution in [0.5, 0.6) is 5.75 Å². The lowest BCUT2D eigenvalue weighted by Crippen LogP contribution is -2.42. The lowest BCUT2D eigenvalue weighted by atomic mass is 10.1. The summed E-state index contributed by atoms with van der Waals surface area (Å²) in [7, 11) is 0. The Labute approximate surface area is 125 Å². The second kappa shape index (κ2) is 7.98. The van der Waals surface area contributed by atoms with E-state index in [9.17, 15) is 14.3 Å². The minimum Gasteiger partial charge on any atom is -0.478 e. The van der Waals surface area contributed by atoms with E-state index in [-0.39, 0.29) is 17.7 Å². The highest BCUT2D eigenvalue weighted by molar-refractivity contribution is 5.81. The van der Waals surface area contributed by atoms with Gasteiger partial charge in [-0.15, -0.1) is 0 Å². The summed E-state index contributed by atoms with van der Waals surface area (Å²) in [4.78, 5) is 12.0. The van der Waals surface area contributed by atoms with Crippen LogP contribution in [0.15, 0.2) is 18.2 Å². The molecule has 1 amide bonds. The lowest BCUT2D eigenvalue weighted by Gasteiger charge is -2.20. The monoisotopic (exact) mass is 297 g/mol. The van der Waals surface area contributed by atoms with E-state index in [0.717, 1.165) is 12.8 Å². The Hall–Kier alpha value is -1.62. The van der Waals surface area contributed by atoms with Gasteiger partial charge in [-0.05, 0) is 44.4 Å². The topological polar surface area (TPSA) is 58.6 Å². The van der Waals surface area contributed by atoms with Gasteiger partial charge in [-0.3, -0.25) is 4.79 Å². The molecule has 0 saturated heterocycles. The zero-order chi connectivity index (χ0) is 16.0. The Bertz CT molecular complexity index is 473. The number of rotatable bonds is 7. The van der Waals surface area contributed by atoms with E-state index >= 15 is 0 Å². The van der Waals surface area contributed by atoms with Gasteiger partial charge in [0.2, 0.25) is 0 Å². The molecule has 118 valence electrons. The predicted molar refractivity (Wildman–Crippen MR) is 79.6 cm³/mol. The van der Waals surface area contributed by atoms with Crippen LogP contribution in [0.4, 0.5) is 4.39 Å². The van der Waals surface area contributed by atoms with Crippen LogP contribution >= 0.6 is 0 Å². The van der Waals surface area contributed by atoms with Crippen LogP contribution < -0.4 is 10.1 Å². The van der Waals surface area contributed by atoms with E-state index in [1.807, 2.05) is 13.8 Å². The van der Waals surface area contributed by atoms with Crippen LogP contribution in [-0.2, 0) is 4.79 Å². The summed E-state index contributed by atoms with van der Waals surface area (Å²) in [5, 5.41) is 12.3. The summed E-state index contributed by atoms with van der Waals surface area (Å²) in [6.07, 6.45) is 0.153. The molecule has 2 N–H and O–H groups in total. The van der Waals surface area contributed by atoms with Crippen molar-refractivity contribution >= 4 is 5.91 Å². The molecule has 21 heavy (non-hydrogen) atoms. The number of carbonyl (C=O) groups is 1. The highest BCUT2D eigenvalue weighted by Gasteiger charge is 2.19. The Kier molecular flexibility index (Phi) is 6.62. The van der Waals surface area contributed by atoms with Crippen LogP contribution in [0.25, 0.3) is 0 Å². The normalized spacial score (nSPS) is 13.9. The van der Waals surface area contributed by atoms with Gasteiger partial charge in [0.1, 0.15) is 0 Å². The van der Waals surface area contributed by atoms with Crippen LogP contribution in [0.3, 0.4) is 0 Å². The number of benzene rings is 1. The molecule has 1 aromatic carbocycles. The molecule has 1 unspecified atom stereocenters. The minimum atomic E-state index is -0.780. The zero-order valence-corrected chi connectivity index (χ0v) is 13.0. The lowest BCUT2D eigenvalue weighted by molar-refractivity contribution is -0.128. The first kappa shape index (κ1) is 17.4. The minimum absolute atomic E-state index is 0.00611. The fraction of sp³-hybridized carbons (Fsp3) is 0.562. The molecule has 0 radical (unpaired) electrons. The molecule has 0 fully saturated rings. The van der Waals surface area contributed by atoms with Gasteiger partial charge in [-0.1, -0.05) is 19.9 Å². The van der Waals surface area contributed by atoms with Crippen molar-refractivity contribution in [2.24, 2.45) is 0 Å². The molecule has 1 aromatic rings. The van der Waals surface area contributed by atoms with E-state index < -0.39 is 18.0 Å². The van der Waals surface area contributed by atoms with Gasteiger partial charge in [0, 0.05) is 6.04 Å². The van der Waals surface area contributed by atoms with Crippen molar-refractivity contribution in [2.45, 2.75) is 58.8 Å². The molecular formula is C16H24FNO3. The first-order valence-corrected chi connectivity index (χ1v) is 7.33. The van der Waals surface area contributed by atoms with Crippen molar-refractivity contribution in [1.29, 1.82) is 0 Å². The molecule has 4 nitrogen and oxygen atoms in total. The highest BCUT2D eigenvalue weighted by Crippen LogP contribution is 2.23. The molecule has 0 aliphatic rings. The fourth-order valence-corrected chi connectivity index (χ4v) is 1.93. The largest absolute Gasteiger partial charge is 0.478 e. The molecule has 1 rings (SSSR count). The van der Waals surface area contributed by atoms with Gasteiger partial charge in [0.15, 0.2) is 17.7 Å². The second-order valence-electron chi connectivity index (χ2n) is 5.15. The fourth-order valence-electron chi connectivity index (χ4n) is 1.93. The summed E-state index contributed by atoms with van der Waals surface area (Å²) in [5.74, 6) is -0.843.